The van der Waals surface area contributed by atoms with E-state index in [-0.39, 0.29) is 17.3 Å². The summed E-state index contributed by atoms with van der Waals surface area (Å²) in [5.41, 5.74) is 3.96. The number of halogens is 1. The molecule has 5 rings (SSSR count). The van der Waals surface area contributed by atoms with Gasteiger partial charge in [-0.1, -0.05) is 112 Å². The lowest BCUT2D eigenvalue weighted by Crippen LogP contribution is -2.53. The van der Waals surface area contributed by atoms with Crippen molar-refractivity contribution in [1.82, 2.24) is 15.6 Å². The first kappa shape index (κ1) is 34.1. The Balaban J connectivity index is 0.000000375. The van der Waals surface area contributed by atoms with Crippen molar-refractivity contribution in [2.24, 2.45) is 0 Å². The first-order chi connectivity index (χ1) is 21.3. The third-order valence-corrected chi connectivity index (χ3v) is 9.71. The minimum Gasteiger partial charge on any atom is -0.477 e. The second-order valence-corrected chi connectivity index (χ2v) is 13.4. The predicted octanol–water partition coefficient (Wildman–Crippen LogP) is 9.68. The van der Waals surface area contributed by atoms with E-state index in [1.54, 1.807) is 19.1 Å². The van der Waals surface area contributed by atoms with Crippen LogP contribution in [0, 0.1) is 6.92 Å². The number of unbranched alkanes of at least 4 members (excludes halogenated alkanes) is 7. The topological polar surface area (TPSA) is 74.2 Å². The molecule has 3 aromatic rings. The van der Waals surface area contributed by atoms with E-state index in [1.165, 1.54) is 114 Å². The number of aromatic carboxylic acids is 1. The lowest BCUT2D eigenvalue weighted by Gasteiger charge is -2.43. The van der Waals surface area contributed by atoms with Gasteiger partial charge in [-0.05, 0) is 93.8 Å². The molecule has 2 saturated carbocycles. The molecule has 0 spiro atoms. The van der Waals surface area contributed by atoms with E-state index in [9.17, 15) is 4.79 Å². The molecule has 2 bridgehead atoms. The summed E-state index contributed by atoms with van der Waals surface area (Å²) in [4.78, 5) is 14.1. The summed E-state index contributed by atoms with van der Waals surface area (Å²) < 4.78 is 0. The number of nitrogens with one attached hydrogen (secondary N) is 2. The Kier molecular flexibility index (Phi) is 13.3. The van der Waals surface area contributed by atoms with Gasteiger partial charge in [0.25, 0.3) is 0 Å². The highest BCUT2D eigenvalue weighted by molar-refractivity contribution is 6.30. The van der Waals surface area contributed by atoms with Crippen LogP contribution in [0.4, 0.5) is 0 Å². The van der Waals surface area contributed by atoms with Crippen LogP contribution in [-0.2, 0) is 0 Å². The number of hydrogen-bond acceptors (Lipinski definition) is 4. The second-order valence-electron chi connectivity index (χ2n) is 13.0. The molecule has 2 aliphatic rings. The third kappa shape index (κ3) is 10.2. The van der Waals surface area contributed by atoms with E-state index in [0.717, 1.165) is 10.7 Å². The maximum absolute atomic E-state index is 10.3. The van der Waals surface area contributed by atoms with E-state index < -0.39 is 5.97 Å². The van der Waals surface area contributed by atoms with Crippen LogP contribution < -0.4 is 10.6 Å². The van der Waals surface area contributed by atoms with Crippen LogP contribution in [-0.4, -0.2) is 33.7 Å². The normalized spacial score (nSPS) is 21.3. The number of hydrogen-bond donors (Lipinski definition) is 3. The van der Waals surface area contributed by atoms with Crippen molar-refractivity contribution in [3.8, 4) is 0 Å². The highest BCUT2D eigenvalue weighted by Gasteiger charge is 2.51. The molecule has 1 heterocycles. The van der Waals surface area contributed by atoms with Crippen LogP contribution in [0.2, 0.25) is 5.02 Å². The second kappa shape index (κ2) is 17.1. The Morgan fingerprint density at radius 2 is 1.50 bits per heavy atom. The molecule has 0 amide bonds. The zero-order valence-corrected chi connectivity index (χ0v) is 27.5. The molecule has 0 radical (unpaired) electrons. The SMILES string of the molecule is CCCCCCCCCCNC12CCCC(NC(c3ccccc3)c3cccc(Cl)c3)(CC1)C2.Cc1cccc(C(=O)O)n1. The maximum Gasteiger partial charge on any atom is 0.354 e. The number of carbonyl (C=O) groups is 1. The Morgan fingerprint density at radius 3 is 2.18 bits per heavy atom. The van der Waals surface area contributed by atoms with Crippen molar-refractivity contribution >= 4 is 17.6 Å². The molecule has 3 N–H and O–H groups in total. The first-order valence-corrected chi connectivity index (χ1v) is 17.2. The first-order valence-electron chi connectivity index (χ1n) is 16.8. The van der Waals surface area contributed by atoms with Gasteiger partial charge < -0.3 is 15.7 Å². The van der Waals surface area contributed by atoms with Gasteiger partial charge in [0.1, 0.15) is 5.69 Å². The Labute approximate surface area is 270 Å². The smallest absolute Gasteiger partial charge is 0.354 e. The molecule has 5 nitrogen and oxygen atoms in total. The molecule has 1 aromatic heterocycles. The van der Waals surface area contributed by atoms with E-state index >= 15 is 0 Å². The summed E-state index contributed by atoms with van der Waals surface area (Å²) in [7, 11) is 0. The molecule has 238 valence electrons. The van der Waals surface area contributed by atoms with E-state index in [0.29, 0.717) is 5.54 Å². The number of rotatable bonds is 15. The van der Waals surface area contributed by atoms with Crippen LogP contribution in [0.3, 0.4) is 0 Å². The number of fused-ring (bicyclic) bond motifs is 2. The number of pyridine rings is 1. The molecular weight excluding hydrogens is 566 g/mol. The molecule has 6 heteroatoms. The third-order valence-electron chi connectivity index (χ3n) is 9.47. The van der Waals surface area contributed by atoms with Gasteiger partial charge >= 0.3 is 5.97 Å². The fourth-order valence-electron chi connectivity index (χ4n) is 7.20. The standard InChI is InChI=1S/C31H45ClN2.C7H7NO2/c1-2-3-4-5-6-7-8-12-23-33-30-19-14-20-31(25-30,22-21-30)34-29(26-15-10-9-11-16-26)27-17-13-18-28(32)24-27;1-5-3-2-4-6(8-5)7(9)10/h9-11,13,15-18,24,29,33-34H,2-8,12,14,19-23,25H2,1H3;2-4H,1H3,(H,9,10). The van der Waals surface area contributed by atoms with Crippen LogP contribution in [0.1, 0.15) is 130 Å². The largest absolute Gasteiger partial charge is 0.477 e. The summed E-state index contributed by atoms with van der Waals surface area (Å²) >= 11 is 6.41. The van der Waals surface area contributed by atoms with Crippen molar-refractivity contribution < 1.29 is 9.90 Å². The molecule has 2 aromatic carbocycles. The Morgan fingerprint density at radius 1 is 0.841 bits per heavy atom. The van der Waals surface area contributed by atoms with Crippen LogP contribution >= 0.6 is 11.6 Å². The van der Waals surface area contributed by atoms with Crippen LogP contribution in [0.5, 0.6) is 0 Å². The number of benzene rings is 2. The molecule has 44 heavy (non-hydrogen) atoms. The van der Waals surface area contributed by atoms with Crippen molar-refractivity contribution in [2.75, 3.05) is 6.54 Å². The minimum absolute atomic E-state index is 0.0972. The van der Waals surface area contributed by atoms with Gasteiger partial charge in [0, 0.05) is 21.8 Å². The average molecular weight is 618 g/mol. The summed E-state index contributed by atoms with van der Waals surface area (Å²) in [6.07, 6.45) is 18.9. The van der Waals surface area contributed by atoms with E-state index in [1.807, 2.05) is 6.07 Å². The fourth-order valence-corrected chi connectivity index (χ4v) is 7.40. The molecule has 3 atom stereocenters. The summed E-state index contributed by atoms with van der Waals surface area (Å²) in [6.45, 7) is 5.23. The minimum atomic E-state index is -0.983. The average Bonchev–Trinajstić information content (AvgIpc) is 3.29. The maximum atomic E-state index is 10.3. The molecule has 0 saturated heterocycles. The van der Waals surface area contributed by atoms with Gasteiger partial charge in [0.05, 0.1) is 6.04 Å². The van der Waals surface area contributed by atoms with Gasteiger partial charge in [0.2, 0.25) is 0 Å². The predicted molar refractivity (Wildman–Crippen MR) is 183 cm³/mol. The highest BCUT2D eigenvalue weighted by atomic mass is 35.5. The lowest BCUT2D eigenvalue weighted by molar-refractivity contribution is 0.0690. The lowest BCUT2D eigenvalue weighted by atomic mass is 9.77. The van der Waals surface area contributed by atoms with E-state index in [2.05, 4.69) is 71.1 Å². The summed E-state index contributed by atoms with van der Waals surface area (Å²) in [5.74, 6) is -0.983. The van der Waals surface area contributed by atoms with Gasteiger partial charge in [0.15, 0.2) is 0 Å². The summed E-state index contributed by atoms with van der Waals surface area (Å²) in [5, 5.41) is 17.5. The molecule has 2 aliphatic carbocycles. The van der Waals surface area contributed by atoms with Crippen molar-refractivity contribution in [3.05, 3.63) is 100 Å². The van der Waals surface area contributed by atoms with Gasteiger partial charge in [-0.2, -0.15) is 0 Å². The molecule has 0 aliphatic heterocycles. The zero-order valence-electron chi connectivity index (χ0n) is 26.8. The van der Waals surface area contributed by atoms with Crippen LogP contribution in [0.25, 0.3) is 0 Å². The Bertz CT molecular complexity index is 1300. The highest BCUT2D eigenvalue weighted by Crippen LogP contribution is 2.49. The fraction of sp³-hybridized carbons (Fsp3) is 0.526. The van der Waals surface area contributed by atoms with Crippen molar-refractivity contribution in [3.63, 3.8) is 0 Å². The number of nitrogens with zero attached hydrogens (tertiary/aromatic N) is 1. The van der Waals surface area contributed by atoms with E-state index in [4.69, 9.17) is 16.7 Å². The van der Waals surface area contributed by atoms with Gasteiger partial charge in [-0.15, -0.1) is 0 Å². The summed E-state index contributed by atoms with van der Waals surface area (Å²) in [6, 6.07) is 24.4. The van der Waals surface area contributed by atoms with Crippen molar-refractivity contribution in [2.45, 2.75) is 121 Å². The van der Waals surface area contributed by atoms with Crippen LogP contribution in [0.15, 0.2) is 72.8 Å². The number of aryl methyl sites for hydroxylation is 1. The van der Waals surface area contributed by atoms with Gasteiger partial charge in [-0.3, -0.25) is 0 Å². The molecule has 3 unspecified atom stereocenters. The Hall–Kier alpha value is -2.73. The van der Waals surface area contributed by atoms with Gasteiger partial charge in [-0.25, -0.2) is 9.78 Å². The number of carboxylic acid groups (broad SMARTS) is 1. The quantitative estimate of drug-likeness (QED) is 0.148. The number of aromatic nitrogens is 1. The number of carboxylic acids is 1. The van der Waals surface area contributed by atoms with Crippen molar-refractivity contribution in [1.29, 1.82) is 0 Å². The molecule has 2 fully saturated rings. The monoisotopic (exact) mass is 617 g/mol. The molecular formula is C38H52ClN3O2. The zero-order chi connectivity index (χ0) is 31.3.